The summed E-state index contributed by atoms with van der Waals surface area (Å²) in [5.41, 5.74) is 1.17. The summed E-state index contributed by atoms with van der Waals surface area (Å²) in [5, 5.41) is 6.58. The van der Waals surface area contributed by atoms with Gasteiger partial charge < -0.3 is 15.5 Å². The van der Waals surface area contributed by atoms with Gasteiger partial charge in [-0.2, -0.15) is 0 Å². The van der Waals surface area contributed by atoms with Gasteiger partial charge in [-0.05, 0) is 36.8 Å². The molecule has 0 aliphatic carbocycles. The van der Waals surface area contributed by atoms with Crippen LogP contribution in [-0.2, 0) is 6.54 Å². The summed E-state index contributed by atoms with van der Waals surface area (Å²) < 4.78 is 0. The number of pyridine rings is 1. The number of piperidine rings is 1. The first-order chi connectivity index (χ1) is 10.7. The highest BCUT2D eigenvalue weighted by atomic mass is 127. The maximum Gasteiger partial charge on any atom is 0.191 e. The molecule has 0 amide bonds. The van der Waals surface area contributed by atoms with Crippen LogP contribution in [0.5, 0.6) is 0 Å². The van der Waals surface area contributed by atoms with Crippen molar-refractivity contribution in [1.29, 1.82) is 0 Å². The Morgan fingerprint density at radius 3 is 2.61 bits per heavy atom. The van der Waals surface area contributed by atoms with Crippen LogP contribution in [0.2, 0.25) is 0 Å². The highest BCUT2D eigenvalue weighted by Crippen LogP contribution is 2.21. The number of halogens is 1. The topological polar surface area (TPSA) is 52.6 Å². The Morgan fingerprint density at radius 1 is 1.30 bits per heavy atom. The van der Waals surface area contributed by atoms with E-state index in [0.29, 0.717) is 0 Å². The molecule has 2 N–H and O–H groups in total. The third kappa shape index (κ3) is 6.53. The lowest BCUT2D eigenvalue weighted by molar-refractivity contribution is 0.436. The zero-order valence-corrected chi connectivity index (χ0v) is 16.8. The SMILES string of the molecule is CCCNC(=NC)NCc1ccc(N2CCC(C)CC2)nc1.I. The van der Waals surface area contributed by atoms with E-state index >= 15 is 0 Å². The monoisotopic (exact) mass is 431 g/mol. The van der Waals surface area contributed by atoms with Crippen LogP contribution in [0.25, 0.3) is 0 Å². The van der Waals surface area contributed by atoms with Crippen molar-refractivity contribution in [1.82, 2.24) is 15.6 Å². The highest BCUT2D eigenvalue weighted by molar-refractivity contribution is 14.0. The molecule has 0 unspecified atom stereocenters. The fraction of sp³-hybridized carbons (Fsp3) is 0.647. The van der Waals surface area contributed by atoms with Crippen LogP contribution in [-0.4, -0.2) is 37.6 Å². The minimum atomic E-state index is 0. The van der Waals surface area contributed by atoms with E-state index in [1.54, 1.807) is 7.05 Å². The van der Waals surface area contributed by atoms with Crippen molar-refractivity contribution in [2.45, 2.75) is 39.7 Å². The predicted octanol–water partition coefficient (Wildman–Crippen LogP) is 3.01. The van der Waals surface area contributed by atoms with E-state index in [4.69, 9.17) is 0 Å². The molecule has 2 heterocycles. The molecule has 23 heavy (non-hydrogen) atoms. The van der Waals surface area contributed by atoms with Crippen molar-refractivity contribution in [3.05, 3.63) is 23.9 Å². The van der Waals surface area contributed by atoms with Crippen molar-refractivity contribution in [2.24, 2.45) is 10.9 Å². The van der Waals surface area contributed by atoms with Gasteiger partial charge in [0.05, 0.1) is 0 Å². The molecule has 0 bridgehead atoms. The number of hydrogen-bond acceptors (Lipinski definition) is 3. The molecule has 0 saturated carbocycles. The van der Waals surface area contributed by atoms with Gasteiger partial charge in [-0.3, -0.25) is 4.99 Å². The van der Waals surface area contributed by atoms with Crippen molar-refractivity contribution < 1.29 is 0 Å². The standard InChI is InChI=1S/C17H29N5.HI/c1-4-9-19-17(18-3)21-13-15-5-6-16(20-12-15)22-10-7-14(2)8-11-22;/h5-6,12,14H,4,7-11,13H2,1-3H3,(H2,18,19,21);1H. The summed E-state index contributed by atoms with van der Waals surface area (Å²) in [6.45, 7) is 8.40. The quantitative estimate of drug-likeness (QED) is 0.428. The highest BCUT2D eigenvalue weighted by Gasteiger charge is 2.16. The number of anilines is 1. The molecular formula is C17H30IN5. The Hall–Kier alpha value is -1.05. The van der Waals surface area contributed by atoms with E-state index in [2.05, 4.69) is 51.5 Å². The molecule has 1 fully saturated rings. The lowest BCUT2D eigenvalue weighted by Gasteiger charge is -2.31. The molecule has 0 aromatic carbocycles. The van der Waals surface area contributed by atoms with Crippen molar-refractivity contribution in [3.63, 3.8) is 0 Å². The molecule has 1 aliphatic heterocycles. The Morgan fingerprint density at radius 2 is 2.04 bits per heavy atom. The van der Waals surface area contributed by atoms with Gasteiger partial charge in [-0.1, -0.05) is 19.9 Å². The van der Waals surface area contributed by atoms with Gasteiger partial charge in [0.15, 0.2) is 5.96 Å². The molecule has 1 aliphatic rings. The Kier molecular flexibility index (Phi) is 9.28. The van der Waals surface area contributed by atoms with Gasteiger partial charge in [0.2, 0.25) is 0 Å². The predicted molar refractivity (Wildman–Crippen MR) is 109 cm³/mol. The zero-order chi connectivity index (χ0) is 15.8. The number of aromatic nitrogens is 1. The fourth-order valence-corrected chi connectivity index (χ4v) is 2.60. The minimum absolute atomic E-state index is 0. The van der Waals surface area contributed by atoms with Crippen LogP contribution in [0.1, 0.15) is 38.7 Å². The number of hydrogen-bond donors (Lipinski definition) is 2. The summed E-state index contributed by atoms with van der Waals surface area (Å²) in [7, 11) is 1.80. The molecular weight excluding hydrogens is 401 g/mol. The van der Waals surface area contributed by atoms with Gasteiger partial charge in [0.1, 0.15) is 5.82 Å². The van der Waals surface area contributed by atoms with E-state index in [1.165, 1.54) is 18.4 Å². The molecule has 1 saturated heterocycles. The second kappa shape index (κ2) is 10.7. The van der Waals surface area contributed by atoms with Crippen LogP contribution in [0.3, 0.4) is 0 Å². The van der Waals surface area contributed by atoms with E-state index in [0.717, 1.165) is 50.3 Å². The first-order valence-electron chi connectivity index (χ1n) is 8.37. The van der Waals surface area contributed by atoms with E-state index < -0.39 is 0 Å². The van der Waals surface area contributed by atoms with Gasteiger partial charge in [0, 0.05) is 39.4 Å². The first-order valence-corrected chi connectivity index (χ1v) is 8.37. The molecule has 2 rings (SSSR count). The number of guanidine groups is 1. The molecule has 6 heteroatoms. The number of nitrogens with one attached hydrogen (secondary N) is 2. The van der Waals surface area contributed by atoms with Gasteiger partial charge in [-0.15, -0.1) is 24.0 Å². The normalized spacial score (nSPS) is 16.0. The second-order valence-electron chi connectivity index (χ2n) is 6.05. The van der Waals surface area contributed by atoms with Crippen LogP contribution >= 0.6 is 24.0 Å². The van der Waals surface area contributed by atoms with Crippen molar-refractivity contribution in [3.8, 4) is 0 Å². The molecule has 130 valence electrons. The van der Waals surface area contributed by atoms with E-state index in [9.17, 15) is 0 Å². The summed E-state index contributed by atoms with van der Waals surface area (Å²) in [6.07, 6.45) is 5.59. The van der Waals surface area contributed by atoms with Gasteiger partial charge >= 0.3 is 0 Å². The number of aliphatic imine (C=N–C) groups is 1. The third-order valence-corrected chi connectivity index (χ3v) is 4.14. The maximum absolute atomic E-state index is 4.62. The minimum Gasteiger partial charge on any atom is -0.357 e. The lowest BCUT2D eigenvalue weighted by Crippen LogP contribution is -2.37. The summed E-state index contributed by atoms with van der Waals surface area (Å²) >= 11 is 0. The third-order valence-electron chi connectivity index (χ3n) is 4.14. The Balaban J connectivity index is 0.00000264. The molecule has 0 spiro atoms. The molecule has 5 nitrogen and oxygen atoms in total. The summed E-state index contributed by atoms with van der Waals surface area (Å²) in [5.74, 6) is 2.79. The van der Waals surface area contributed by atoms with Crippen molar-refractivity contribution >= 4 is 35.8 Å². The second-order valence-corrected chi connectivity index (χ2v) is 6.05. The van der Waals surface area contributed by atoms with Crippen LogP contribution in [0.4, 0.5) is 5.82 Å². The van der Waals surface area contributed by atoms with Crippen molar-refractivity contribution in [2.75, 3.05) is 31.6 Å². The Labute approximate surface area is 157 Å². The molecule has 1 aromatic heterocycles. The lowest BCUT2D eigenvalue weighted by atomic mass is 9.99. The fourth-order valence-electron chi connectivity index (χ4n) is 2.60. The van der Waals surface area contributed by atoms with Crippen LogP contribution in [0.15, 0.2) is 23.3 Å². The summed E-state index contributed by atoms with van der Waals surface area (Å²) in [6, 6.07) is 4.29. The molecule has 1 aromatic rings. The largest absolute Gasteiger partial charge is 0.357 e. The zero-order valence-electron chi connectivity index (χ0n) is 14.5. The molecule has 0 atom stereocenters. The van der Waals surface area contributed by atoms with Gasteiger partial charge in [-0.25, -0.2) is 4.98 Å². The van der Waals surface area contributed by atoms with Gasteiger partial charge in [0.25, 0.3) is 0 Å². The Bertz CT molecular complexity index is 466. The number of nitrogens with zero attached hydrogens (tertiary/aromatic N) is 3. The maximum atomic E-state index is 4.62. The average Bonchev–Trinajstić information content (AvgIpc) is 2.56. The molecule has 0 radical (unpaired) electrons. The van der Waals surface area contributed by atoms with Crippen LogP contribution in [0, 0.1) is 5.92 Å². The van der Waals surface area contributed by atoms with E-state index in [-0.39, 0.29) is 24.0 Å². The number of rotatable bonds is 5. The van der Waals surface area contributed by atoms with E-state index in [1.807, 2.05) is 6.20 Å². The average molecular weight is 431 g/mol. The smallest absolute Gasteiger partial charge is 0.191 e. The first kappa shape index (κ1) is 20.0. The van der Waals surface area contributed by atoms with Crippen LogP contribution < -0.4 is 15.5 Å². The summed E-state index contributed by atoms with van der Waals surface area (Å²) in [4.78, 5) is 11.2.